The molecule has 1 aliphatic rings. The topological polar surface area (TPSA) is 62.7 Å². The molecule has 0 saturated carbocycles. The highest BCUT2D eigenvalue weighted by atomic mass is 15.1. The molecule has 1 fully saturated rings. The molecule has 1 saturated heterocycles. The standard InChI is InChI=1S/C13H15N5/c1-2-7-15-12(5-1)18-13-16-9-6-11(17-13)10-4-3-8-14-10/h1-2,5-7,9-10,14H,3-4,8H2,(H,15,16,17,18)/t10-/m0/s1. The van der Waals surface area contributed by atoms with Crippen LogP contribution in [0.2, 0.25) is 0 Å². The van der Waals surface area contributed by atoms with Crippen molar-refractivity contribution in [3.8, 4) is 0 Å². The molecule has 3 heterocycles. The highest BCUT2D eigenvalue weighted by Crippen LogP contribution is 2.21. The van der Waals surface area contributed by atoms with Crippen LogP contribution in [0.3, 0.4) is 0 Å². The van der Waals surface area contributed by atoms with Crippen LogP contribution >= 0.6 is 0 Å². The second-order valence-corrected chi connectivity index (χ2v) is 4.29. The average molecular weight is 241 g/mol. The lowest BCUT2D eigenvalue weighted by Crippen LogP contribution is -2.15. The summed E-state index contributed by atoms with van der Waals surface area (Å²) < 4.78 is 0. The van der Waals surface area contributed by atoms with Crippen LogP contribution in [-0.2, 0) is 0 Å². The van der Waals surface area contributed by atoms with Gasteiger partial charge in [-0.25, -0.2) is 15.0 Å². The Kier molecular flexibility index (Phi) is 3.14. The number of nitrogens with one attached hydrogen (secondary N) is 2. The van der Waals surface area contributed by atoms with E-state index in [-0.39, 0.29) is 0 Å². The fraction of sp³-hybridized carbons (Fsp3) is 0.308. The Bertz CT molecular complexity index is 508. The van der Waals surface area contributed by atoms with E-state index in [4.69, 9.17) is 0 Å². The molecule has 0 aromatic carbocycles. The van der Waals surface area contributed by atoms with E-state index in [1.807, 2.05) is 24.3 Å². The Labute approximate surface area is 106 Å². The van der Waals surface area contributed by atoms with E-state index in [1.54, 1.807) is 12.4 Å². The Balaban J connectivity index is 1.78. The van der Waals surface area contributed by atoms with Crippen LogP contribution < -0.4 is 10.6 Å². The first-order chi connectivity index (χ1) is 8.92. The summed E-state index contributed by atoms with van der Waals surface area (Å²) in [5.74, 6) is 1.36. The van der Waals surface area contributed by atoms with Crippen molar-refractivity contribution in [2.45, 2.75) is 18.9 Å². The smallest absolute Gasteiger partial charge is 0.228 e. The second kappa shape index (κ2) is 5.10. The predicted molar refractivity (Wildman–Crippen MR) is 69.5 cm³/mol. The zero-order valence-corrected chi connectivity index (χ0v) is 10.0. The third-order valence-corrected chi connectivity index (χ3v) is 3.00. The zero-order chi connectivity index (χ0) is 12.2. The van der Waals surface area contributed by atoms with E-state index >= 15 is 0 Å². The summed E-state index contributed by atoms with van der Waals surface area (Å²) >= 11 is 0. The highest BCUT2D eigenvalue weighted by molar-refractivity contribution is 5.46. The van der Waals surface area contributed by atoms with Gasteiger partial charge in [0.05, 0.1) is 5.69 Å². The van der Waals surface area contributed by atoms with Crippen LogP contribution in [0.15, 0.2) is 36.7 Å². The number of pyridine rings is 1. The molecule has 0 bridgehead atoms. The molecule has 1 aliphatic heterocycles. The van der Waals surface area contributed by atoms with Gasteiger partial charge in [0.15, 0.2) is 0 Å². The first-order valence-corrected chi connectivity index (χ1v) is 6.16. The van der Waals surface area contributed by atoms with Gasteiger partial charge in [0, 0.05) is 18.4 Å². The monoisotopic (exact) mass is 241 g/mol. The Morgan fingerprint density at radius 1 is 1.17 bits per heavy atom. The molecule has 0 unspecified atom stereocenters. The largest absolute Gasteiger partial charge is 0.309 e. The van der Waals surface area contributed by atoms with Crippen molar-refractivity contribution in [2.75, 3.05) is 11.9 Å². The normalized spacial score (nSPS) is 18.8. The van der Waals surface area contributed by atoms with Crippen LogP contribution in [-0.4, -0.2) is 21.5 Å². The first-order valence-electron chi connectivity index (χ1n) is 6.16. The van der Waals surface area contributed by atoms with E-state index in [2.05, 4.69) is 25.6 Å². The molecule has 2 N–H and O–H groups in total. The van der Waals surface area contributed by atoms with Crippen molar-refractivity contribution in [1.29, 1.82) is 0 Å². The van der Waals surface area contributed by atoms with E-state index in [0.29, 0.717) is 12.0 Å². The predicted octanol–water partition coefficient (Wildman–Crippen LogP) is 2.04. The van der Waals surface area contributed by atoms with Gasteiger partial charge in [-0.05, 0) is 37.6 Å². The molecule has 18 heavy (non-hydrogen) atoms. The number of rotatable bonds is 3. The summed E-state index contributed by atoms with van der Waals surface area (Å²) in [6, 6.07) is 8.02. The maximum Gasteiger partial charge on any atom is 0.228 e. The summed E-state index contributed by atoms with van der Waals surface area (Å²) in [6.07, 6.45) is 5.87. The van der Waals surface area contributed by atoms with Crippen molar-refractivity contribution < 1.29 is 0 Å². The summed E-state index contributed by atoms with van der Waals surface area (Å²) in [5.41, 5.74) is 1.04. The molecule has 5 nitrogen and oxygen atoms in total. The molecule has 3 rings (SSSR count). The van der Waals surface area contributed by atoms with Crippen LogP contribution in [0.4, 0.5) is 11.8 Å². The molecule has 1 atom stereocenters. The van der Waals surface area contributed by atoms with Gasteiger partial charge in [0.2, 0.25) is 5.95 Å². The molecular formula is C13H15N5. The van der Waals surface area contributed by atoms with Crippen molar-refractivity contribution in [3.05, 3.63) is 42.4 Å². The lowest BCUT2D eigenvalue weighted by molar-refractivity contribution is 0.626. The fourth-order valence-corrected chi connectivity index (χ4v) is 2.12. The maximum absolute atomic E-state index is 4.53. The minimum absolute atomic E-state index is 0.359. The van der Waals surface area contributed by atoms with E-state index in [9.17, 15) is 0 Å². The van der Waals surface area contributed by atoms with Gasteiger partial charge >= 0.3 is 0 Å². The molecule has 92 valence electrons. The summed E-state index contributed by atoms with van der Waals surface area (Å²) in [6.45, 7) is 1.07. The zero-order valence-electron chi connectivity index (χ0n) is 10.0. The van der Waals surface area contributed by atoms with Crippen LogP contribution in [0.25, 0.3) is 0 Å². The van der Waals surface area contributed by atoms with E-state index in [0.717, 1.165) is 24.5 Å². The molecule has 0 aliphatic carbocycles. The van der Waals surface area contributed by atoms with Gasteiger partial charge in [0.25, 0.3) is 0 Å². The minimum Gasteiger partial charge on any atom is -0.309 e. The number of anilines is 2. The second-order valence-electron chi connectivity index (χ2n) is 4.29. The van der Waals surface area contributed by atoms with Gasteiger partial charge in [-0.1, -0.05) is 6.07 Å². The number of nitrogens with zero attached hydrogens (tertiary/aromatic N) is 3. The van der Waals surface area contributed by atoms with Gasteiger partial charge in [-0.2, -0.15) is 0 Å². The number of hydrogen-bond donors (Lipinski definition) is 2. The van der Waals surface area contributed by atoms with E-state index < -0.39 is 0 Å². The summed E-state index contributed by atoms with van der Waals surface area (Å²) in [4.78, 5) is 12.9. The lowest BCUT2D eigenvalue weighted by Gasteiger charge is -2.10. The Morgan fingerprint density at radius 2 is 2.17 bits per heavy atom. The molecule has 2 aromatic rings. The van der Waals surface area contributed by atoms with Crippen LogP contribution in [0.1, 0.15) is 24.6 Å². The summed E-state index contributed by atoms with van der Waals surface area (Å²) in [7, 11) is 0. The SMILES string of the molecule is c1ccc(Nc2nccc([C@@H]3CCCN3)n2)nc1. The van der Waals surface area contributed by atoms with Crippen molar-refractivity contribution in [2.24, 2.45) is 0 Å². The lowest BCUT2D eigenvalue weighted by atomic mass is 10.1. The third kappa shape index (κ3) is 2.46. The summed E-state index contributed by atoms with van der Waals surface area (Å²) in [5, 5.41) is 6.54. The minimum atomic E-state index is 0.359. The maximum atomic E-state index is 4.53. The van der Waals surface area contributed by atoms with Crippen molar-refractivity contribution in [1.82, 2.24) is 20.3 Å². The Morgan fingerprint density at radius 3 is 2.94 bits per heavy atom. The molecule has 0 radical (unpaired) electrons. The molecule has 0 spiro atoms. The first kappa shape index (κ1) is 11.1. The van der Waals surface area contributed by atoms with Crippen molar-refractivity contribution in [3.63, 3.8) is 0 Å². The third-order valence-electron chi connectivity index (χ3n) is 3.00. The van der Waals surface area contributed by atoms with Gasteiger partial charge in [-0.3, -0.25) is 0 Å². The van der Waals surface area contributed by atoms with Crippen LogP contribution in [0.5, 0.6) is 0 Å². The fourth-order valence-electron chi connectivity index (χ4n) is 2.12. The molecule has 2 aromatic heterocycles. The number of hydrogen-bond acceptors (Lipinski definition) is 5. The highest BCUT2D eigenvalue weighted by Gasteiger charge is 2.17. The van der Waals surface area contributed by atoms with Crippen molar-refractivity contribution >= 4 is 11.8 Å². The van der Waals surface area contributed by atoms with Gasteiger partial charge in [0.1, 0.15) is 5.82 Å². The van der Waals surface area contributed by atoms with Crippen LogP contribution in [0, 0.1) is 0 Å². The molecule has 0 amide bonds. The van der Waals surface area contributed by atoms with E-state index in [1.165, 1.54) is 6.42 Å². The average Bonchev–Trinajstić information content (AvgIpc) is 2.94. The van der Waals surface area contributed by atoms with Gasteiger partial charge in [-0.15, -0.1) is 0 Å². The number of aromatic nitrogens is 3. The van der Waals surface area contributed by atoms with Gasteiger partial charge < -0.3 is 10.6 Å². The molecular weight excluding hydrogens is 226 g/mol. The Hall–Kier alpha value is -2.01. The quantitative estimate of drug-likeness (QED) is 0.861. The molecule has 5 heteroatoms.